The predicted molar refractivity (Wildman–Crippen MR) is 132 cm³/mol. The van der Waals surface area contributed by atoms with E-state index in [2.05, 4.69) is 5.32 Å². The second kappa shape index (κ2) is 16.5. The molecule has 1 N–H and O–H groups in total. The molecule has 0 saturated heterocycles. The normalized spacial score (nSPS) is 12.4. The van der Waals surface area contributed by atoms with Crippen molar-refractivity contribution in [1.82, 2.24) is 5.32 Å². The zero-order valence-electron chi connectivity index (χ0n) is 22.1. The summed E-state index contributed by atoms with van der Waals surface area (Å²) in [6.45, 7) is 9.62. The van der Waals surface area contributed by atoms with Crippen LogP contribution in [0.25, 0.3) is 0 Å². The van der Waals surface area contributed by atoms with E-state index in [1.54, 1.807) is 19.1 Å². The van der Waals surface area contributed by atoms with Crippen LogP contribution < -0.4 is 14.8 Å². The predicted octanol–water partition coefficient (Wildman–Crippen LogP) is 3.97. The van der Waals surface area contributed by atoms with Crippen molar-refractivity contribution in [2.45, 2.75) is 78.9 Å². The van der Waals surface area contributed by atoms with Gasteiger partial charge in [0.15, 0.2) is 11.5 Å². The van der Waals surface area contributed by atoms with Crippen LogP contribution in [0.1, 0.15) is 65.9 Å². The maximum Gasteiger partial charge on any atom is 0.508 e. The number of ether oxygens (including phenoxy) is 5. The molecule has 1 aromatic carbocycles. The lowest BCUT2D eigenvalue weighted by atomic mass is 10.0. The molecule has 0 aromatic heterocycles. The maximum absolute atomic E-state index is 12.4. The fraction of sp³-hybridized carbons (Fsp3) is 0.615. The van der Waals surface area contributed by atoms with Gasteiger partial charge in [0.1, 0.15) is 12.1 Å². The lowest BCUT2D eigenvalue weighted by Gasteiger charge is -2.20. The third kappa shape index (κ3) is 12.0. The zero-order chi connectivity index (χ0) is 27.1. The molecule has 2 atom stereocenters. The number of hydrogen-bond donors (Lipinski definition) is 1. The Morgan fingerprint density at radius 2 is 1.53 bits per heavy atom. The third-order valence-electron chi connectivity index (χ3n) is 4.77. The van der Waals surface area contributed by atoms with Crippen LogP contribution in [0.15, 0.2) is 18.2 Å². The number of benzene rings is 1. The number of hydrogen-bond acceptors (Lipinski definition) is 10. The summed E-state index contributed by atoms with van der Waals surface area (Å²) >= 11 is 0. The Morgan fingerprint density at radius 1 is 0.917 bits per heavy atom. The highest BCUT2D eigenvalue weighted by atomic mass is 16.7. The first kappa shape index (κ1) is 30.9. The summed E-state index contributed by atoms with van der Waals surface area (Å²) in [6.07, 6.45) is 0.482. The van der Waals surface area contributed by atoms with Gasteiger partial charge in [-0.25, -0.2) is 4.79 Å². The molecule has 10 nitrogen and oxygen atoms in total. The van der Waals surface area contributed by atoms with Gasteiger partial charge in [-0.15, -0.1) is 0 Å². The highest BCUT2D eigenvalue weighted by Crippen LogP contribution is 2.30. The van der Waals surface area contributed by atoms with Gasteiger partial charge in [-0.05, 0) is 49.8 Å². The highest BCUT2D eigenvalue weighted by Gasteiger charge is 2.23. The molecule has 0 aliphatic rings. The molecule has 202 valence electrons. The van der Waals surface area contributed by atoms with E-state index in [1.165, 1.54) is 13.2 Å². The lowest BCUT2D eigenvalue weighted by Crippen LogP contribution is -2.43. The van der Waals surface area contributed by atoms with Crippen molar-refractivity contribution in [3.8, 4) is 11.5 Å². The molecule has 0 saturated carbocycles. The average molecular weight is 510 g/mol. The Hall–Kier alpha value is -3.14. The number of methoxy groups -OCH3 is 1. The fourth-order valence-electron chi connectivity index (χ4n) is 3.00. The number of carbonyl (C=O) groups is 4. The van der Waals surface area contributed by atoms with Gasteiger partial charge in [0.05, 0.1) is 13.7 Å². The van der Waals surface area contributed by atoms with Crippen molar-refractivity contribution in [2.24, 2.45) is 5.92 Å². The van der Waals surface area contributed by atoms with E-state index in [9.17, 15) is 19.2 Å². The summed E-state index contributed by atoms with van der Waals surface area (Å²) in [5.41, 5.74) is 0.636. The SMILES string of the molecule is CCCC(=O)Oc1ccc(C[C@H](NCC(C)OC(=O)OCC(C)C)C(=O)OC)cc1OC(=O)CCC. The number of esters is 3. The van der Waals surface area contributed by atoms with Gasteiger partial charge in [0.25, 0.3) is 0 Å². The summed E-state index contributed by atoms with van der Waals surface area (Å²) in [6, 6.07) is 3.98. The van der Waals surface area contributed by atoms with Gasteiger partial charge in [-0.1, -0.05) is 33.8 Å². The summed E-state index contributed by atoms with van der Waals surface area (Å²) < 4.78 is 25.9. The smallest absolute Gasteiger partial charge is 0.468 e. The molecule has 0 aliphatic heterocycles. The highest BCUT2D eigenvalue weighted by molar-refractivity contribution is 5.77. The first-order valence-corrected chi connectivity index (χ1v) is 12.3. The Morgan fingerprint density at radius 3 is 2.08 bits per heavy atom. The minimum absolute atomic E-state index is 0.101. The Kier molecular flexibility index (Phi) is 14.2. The van der Waals surface area contributed by atoms with Crippen molar-refractivity contribution in [3.63, 3.8) is 0 Å². The van der Waals surface area contributed by atoms with Crippen LogP contribution in [0.3, 0.4) is 0 Å². The largest absolute Gasteiger partial charge is 0.508 e. The monoisotopic (exact) mass is 509 g/mol. The molecule has 36 heavy (non-hydrogen) atoms. The van der Waals surface area contributed by atoms with E-state index in [-0.39, 0.29) is 49.8 Å². The van der Waals surface area contributed by atoms with E-state index in [0.717, 1.165) is 0 Å². The van der Waals surface area contributed by atoms with E-state index in [4.69, 9.17) is 23.7 Å². The van der Waals surface area contributed by atoms with Crippen LogP contribution in [-0.2, 0) is 35.0 Å². The standard InChI is InChI=1S/C26H39NO9/c1-7-9-23(28)35-21-12-11-19(14-22(21)36-24(29)10-8-2)13-20(25(30)32-6)27-15-18(5)34-26(31)33-16-17(3)4/h11-12,14,17-18,20,27H,7-10,13,15-16H2,1-6H3/t18?,20-/m0/s1. The molecule has 0 fully saturated rings. The molecule has 0 aliphatic carbocycles. The number of carbonyl (C=O) groups excluding carboxylic acids is 4. The molecule has 1 rings (SSSR count). The Balaban J connectivity index is 2.95. The van der Waals surface area contributed by atoms with Gasteiger partial charge >= 0.3 is 24.1 Å². The quantitative estimate of drug-likeness (QED) is 0.274. The van der Waals surface area contributed by atoms with Crippen LogP contribution in [0.2, 0.25) is 0 Å². The Bertz CT molecular complexity index is 869. The summed E-state index contributed by atoms with van der Waals surface area (Å²) in [5, 5.41) is 3.03. The van der Waals surface area contributed by atoms with Crippen molar-refractivity contribution in [1.29, 1.82) is 0 Å². The van der Waals surface area contributed by atoms with Crippen molar-refractivity contribution in [3.05, 3.63) is 23.8 Å². The molecule has 0 heterocycles. The minimum Gasteiger partial charge on any atom is -0.468 e. The van der Waals surface area contributed by atoms with Crippen LogP contribution in [0, 0.1) is 5.92 Å². The molecule has 10 heteroatoms. The Labute approximate surface area is 212 Å². The van der Waals surface area contributed by atoms with Crippen molar-refractivity contribution in [2.75, 3.05) is 20.3 Å². The lowest BCUT2D eigenvalue weighted by molar-refractivity contribution is -0.143. The fourth-order valence-corrected chi connectivity index (χ4v) is 3.00. The van der Waals surface area contributed by atoms with Gasteiger partial charge < -0.3 is 29.0 Å². The van der Waals surface area contributed by atoms with E-state index >= 15 is 0 Å². The van der Waals surface area contributed by atoms with Crippen LogP contribution >= 0.6 is 0 Å². The van der Waals surface area contributed by atoms with Gasteiger partial charge in [0, 0.05) is 19.4 Å². The molecule has 0 spiro atoms. The third-order valence-corrected chi connectivity index (χ3v) is 4.77. The second-order valence-corrected chi connectivity index (χ2v) is 8.80. The minimum atomic E-state index is -0.778. The zero-order valence-corrected chi connectivity index (χ0v) is 22.1. The first-order valence-electron chi connectivity index (χ1n) is 12.3. The van der Waals surface area contributed by atoms with Crippen molar-refractivity contribution < 1.29 is 42.9 Å². The molecule has 1 aromatic rings. The number of nitrogens with one attached hydrogen (secondary N) is 1. The molecular weight excluding hydrogens is 470 g/mol. The molecule has 0 bridgehead atoms. The molecular formula is C26H39NO9. The number of rotatable bonds is 15. The molecule has 0 amide bonds. The average Bonchev–Trinajstić information content (AvgIpc) is 2.81. The van der Waals surface area contributed by atoms with E-state index < -0.39 is 36.2 Å². The summed E-state index contributed by atoms with van der Waals surface area (Å²) in [4.78, 5) is 48.3. The summed E-state index contributed by atoms with van der Waals surface area (Å²) in [5.74, 6) is -1.00. The van der Waals surface area contributed by atoms with Gasteiger partial charge in [-0.3, -0.25) is 14.4 Å². The van der Waals surface area contributed by atoms with Crippen LogP contribution in [0.4, 0.5) is 4.79 Å². The van der Waals surface area contributed by atoms with Crippen LogP contribution in [-0.4, -0.2) is 56.5 Å². The first-order chi connectivity index (χ1) is 17.1. The van der Waals surface area contributed by atoms with E-state index in [0.29, 0.717) is 18.4 Å². The van der Waals surface area contributed by atoms with Crippen LogP contribution in [0.5, 0.6) is 11.5 Å². The van der Waals surface area contributed by atoms with E-state index in [1.807, 2.05) is 27.7 Å². The summed E-state index contributed by atoms with van der Waals surface area (Å²) in [7, 11) is 1.27. The topological polar surface area (TPSA) is 126 Å². The molecule has 0 radical (unpaired) electrons. The maximum atomic E-state index is 12.4. The molecule has 1 unspecified atom stereocenters. The van der Waals surface area contributed by atoms with Gasteiger partial charge in [-0.2, -0.15) is 0 Å². The van der Waals surface area contributed by atoms with Crippen molar-refractivity contribution >= 4 is 24.1 Å². The second-order valence-electron chi connectivity index (χ2n) is 8.80. The van der Waals surface area contributed by atoms with Gasteiger partial charge in [0.2, 0.25) is 0 Å².